The molecule has 27 heavy (non-hydrogen) atoms. The van der Waals surface area contributed by atoms with Crippen LogP contribution in [0, 0.1) is 6.92 Å². The van der Waals surface area contributed by atoms with Gasteiger partial charge in [0.1, 0.15) is 11.6 Å². The highest BCUT2D eigenvalue weighted by atomic mass is 19.4. The maximum atomic E-state index is 12.3. The van der Waals surface area contributed by atoms with Gasteiger partial charge in [0.05, 0.1) is 0 Å². The normalized spacial score (nSPS) is 11.0. The van der Waals surface area contributed by atoms with Gasteiger partial charge in [-0.1, -0.05) is 19.1 Å². The molecule has 2 rings (SSSR count). The molecule has 0 spiro atoms. The Labute approximate surface area is 153 Å². The first kappa shape index (κ1) is 20.2. The predicted molar refractivity (Wildman–Crippen MR) is 92.2 cm³/mol. The molecule has 0 unspecified atom stereocenters. The highest BCUT2D eigenvalue weighted by Crippen LogP contribution is 2.26. The maximum absolute atomic E-state index is 12.3. The van der Waals surface area contributed by atoms with E-state index < -0.39 is 12.3 Å². The minimum absolute atomic E-state index is 0.116. The van der Waals surface area contributed by atoms with Gasteiger partial charge in [0.15, 0.2) is 0 Å². The predicted octanol–water partition coefficient (Wildman–Crippen LogP) is 3.57. The number of aryl methyl sites for hydroxylation is 1. The molecule has 9 heteroatoms. The Bertz CT molecular complexity index is 838. The number of benzene rings is 1. The van der Waals surface area contributed by atoms with Crippen LogP contribution in [-0.2, 0) is 11.3 Å². The van der Waals surface area contributed by atoms with Crippen molar-refractivity contribution in [3.05, 3.63) is 53.2 Å². The lowest BCUT2D eigenvalue weighted by Crippen LogP contribution is -2.23. The maximum Gasteiger partial charge on any atom is 0.573 e. The second-order valence-electron chi connectivity index (χ2n) is 5.66. The third-order valence-electron chi connectivity index (χ3n) is 3.53. The lowest BCUT2D eigenvalue weighted by atomic mass is 10.1. The number of nitrogens with zero attached hydrogens (tertiary/aromatic N) is 1. The van der Waals surface area contributed by atoms with E-state index >= 15 is 0 Å². The molecule has 0 saturated carbocycles. The molecule has 2 N–H and O–H groups in total. The van der Waals surface area contributed by atoms with Crippen molar-refractivity contribution >= 4 is 17.6 Å². The summed E-state index contributed by atoms with van der Waals surface area (Å²) in [6, 6.07) is 7.07. The van der Waals surface area contributed by atoms with E-state index in [0.717, 1.165) is 0 Å². The number of halogens is 3. The van der Waals surface area contributed by atoms with E-state index in [2.05, 4.69) is 20.4 Å². The second kappa shape index (κ2) is 8.52. The van der Waals surface area contributed by atoms with E-state index in [-0.39, 0.29) is 30.4 Å². The fourth-order valence-electron chi connectivity index (χ4n) is 2.22. The van der Waals surface area contributed by atoms with Gasteiger partial charge in [-0.2, -0.15) is 0 Å². The van der Waals surface area contributed by atoms with Gasteiger partial charge in [-0.25, -0.2) is 4.98 Å². The Morgan fingerprint density at radius 2 is 1.93 bits per heavy atom. The van der Waals surface area contributed by atoms with Crippen LogP contribution in [-0.4, -0.2) is 23.2 Å². The average molecular weight is 381 g/mol. The lowest BCUT2D eigenvalue weighted by molar-refractivity contribution is -0.274. The number of rotatable bonds is 6. The van der Waals surface area contributed by atoms with Crippen LogP contribution in [0.2, 0.25) is 0 Å². The van der Waals surface area contributed by atoms with Crippen molar-refractivity contribution in [3.8, 4) is 5.75 Å². The first-order chi connectivity index (χ1) is 12.7. The van der Waals surface area contributed by atoms with E-state index in [1.807, 2.05) is 0 Å². The molecule has 0 radical (unpaired) electrons. The summed E-state index contributed by atoms with van der Waals surface area (Å²) in [6.07, 6.45) is -3.08. The molecule has 144 valence electrons. The number of hydrogen-bond acceptors (Lipinski definition) is 4. The van der Waals surface area contributed by atoms with E-state index in [1.54, 1.807) is 6.92 Å². The largest absolute Gasteiger partial charge is 0.573 e. The van der Waals surface area contributed by atoms with E-state index in [9.17, 15) is 22.8 Å². The van der Waals surface area contributed by atoms with Gasteiger partial charge in [-0.3, -0.25) is 9.59 Å². The molecule has 0 aliphatic heterocycles. The molecular formula is C18H18F3N3O3. The number of carbonyl (C=O) groups excluding carboxylic acids is 2. The molecular weight excluding hydrogens is 363 g/mol. The Morgan fingerprint density at radius 1 is 1.19 bits per heavy atom. The van der Waals surface area contributed by atoms with Crippen LogP contribution in [0.5, 0.6) is 5.75 Å². The van der Waals surface area contributed by atoms with Crippen molar-refractivity contribution in [2.75, 3.05) is 5.32 Å². The SMILES string of the molecule is CCC(=O)Nc1cc(C(=O)NCc2ccc(OC(F)(F)F)c(C)c2)ccn1. The fourth-order valence-corrected chi connectivity index (χ4v) is 2.22. The zero-order valence-electron chi connectivity index (χ0n) is 14.7. The molecule has 0 aliphatic carbocycles. The smallest absolute Gasteiger partial charge is 0.406 e. The number of hydrogen-bond donors (Lipinski definition) is 2. The van der Waals surface area contributed by atoms with Gasteiger partial charge in [0.25, 0.3) is 5.91 Å². The second-order valence-corrected chi connectivity index (χ2v) is 5.66. The van der Waals surface area contributed by atoms with E-state index in [0.29, 0.717) is 16.7 Å². The molecule has 1 aromatic heterocycles. The van der Waals surface area contributed by atoms with E-state index in [1.165, 1.54) is 43.5 Å². The summed E-state index contributed by atoms with van der Waals surface area (Å²) < 4.78 is 40.8. The molecule has 0 bridgehead atoms. The van der Waals surface area contributed by atoms with Crippen LogP contribution in [0.1, 0.15) is 34.8 Å². The van der Waals surface area contributed by atoms with Crippen LogP contribution >= 0.6 is 0 Å². The first-order valence-corrected chi connectivity index (χ1v) is 8.07. The number of amides is 2. The van der Waals surface area contributed by atoms with Crippen molar-refractivity contribution in [3.63, 3.8) is 0 Å². The Hall–Kier alpha value is -3.10. The topological polar surface area (TPSA) is 80.3 Å². The molecule has 0 aliphatic rings. The number of carbonyl (C=O) groups is 2. The number of aromatic nitrogens is 1. The highest BCUT2D eigenvalue weighted by Gasteiger charge is 2.31. The minimum atomic E-state index is -4.76. The van der Waals surface area contributed by atoms with Crippen LogP contribution in [0.25, 0.3) is 0 Å². The molecule has 0 atom stereocenters. The quantitative estimate of drug-likeness (QED) is 0.802. The van der Waals surface area contributed by atoms with Crippen molar-refractivity contribution in [2.45, 2.75) is 33.2 Å². The lowest BCUT2D eigenvalue weighted by Gasteiger charge is -2.13. The fraction of sp³-hybridized carbons (Fsp3) is 0.278. The van der Waals surface area contributed by atoms with E-state index in [4.69, 9.17) is 0 Å². The van der Waals surface area contributed by atoms with Gasteiger partial charge < -0.3 is 15.4 Å². The van der Waals surface area contributed by atoms with Crippen molar-refractivity contribution in [1.29, 1.82) is 0 Å². The van der Waals surface area contributed by atoms with Gasteiger partial charge in [0.2, 0.25) is 5.91 Å². The summed E-state index contributed by atoms with van der Waals surface area (Å²) >= 11 is 0. The summed E-state index contributed by atoms with van der Waals surface area (Å²) in [5.41, 5.74) is 1.21. The molecule has 0 fully saturated rings. The Morgan fingerprint density at radius 3 is 2.56 bits per heavy atom. The summed E-state index contributed by atoms with van der Waals surface area (Å²) in [6.45, 7) is 3.29. The monoisotopic (exact) mass is 381 g/mol. The van der Waals surface area contributed by atoms with Crippen molar-refractivity contribution in [1.82, 2.24) is 10.3 Å². The van der Waals surface area contributed by atoms with Crippen molar-refractivity contribution < 1.29 is 27.5 Å². The summed E-state index contributed by atoms with van der Waals surface area (Å²) in [4.78, 5) is 27.6. The van der Waals surface area contributed by atoms with Crippen molar-refractivity contribution in [2.24, 2.45) is 0 Å². The summed E-state index contributed by atoms with van der Waals surface area (Å²) in [7, 11) is 0. The highest BCUT2D eigenvalue weighted by molar-refractivity contribution is 5.96. The zero-order chi connectivity index (χ0) is 20.0. The third kappa shape index (κ3) is 6.28. The van der Waals surface area contributed by atoms with Crippen LogP contribution in [0.4, 0.5) is 19.0 Å². The summed E-state index contributed by atoms with van der Waals surface area (Å²) in [5, 5.41) is 5.22. The van der Waals surface area contributed by atoms with Gasteiger partial charge in [-0.05, 0) is 36.2 Å². The molecule has 1 aromatic carbocycles. The first-order valence-electron chi connectivity index (χ1n) is 8.07. The van der Waals surface area contributed by atoms with Gasteiger partial charge in [0, 0.05) is 24.7 Å². The van der Waals surface area contributed by atoms with Gasteiger partial charge in [-0.15, -0.1) is 13.2 Å². The molecule has 2 amide bonds. The average Bonchev–Trinajstić information content (AvgIpc) is 2.60. The number of ether oxygens (including phenoxy) is 1. The Kier molecular flexibility index (Phi) is 6.38. The number of anilines is 1. The third-order valence-corrected chi connectivity index (χ3v) is 3.53. The van der Waals surface area contributed by atoms with Crippen LogP contribution in [0.15, 0.2) is 36.5 Å². The Balaban J connectivity index is 2.00. The minimum Gasteiger partial charge on any atom is -0.406 e. The molecule has 6 nitrogen and oxygen atoms in total. The molecule has 1 heterocycles. The van der Waals surface area contributed by atoms with Crippen LogP contribution in [0.3, 0.4) is 0 Å². The standard InChI is InChI=1S/C18H18F3N3O3/c1-3-16(25)24-15-9-13(6-7-22-15)17(26)23-10-12-4-5-14(11(2)8-12)27-18(19,20)21/h4-9H,3,10H2,1-2H3,(H,23,26)(H,22,24,25). The summed E-state index contributed by atoms with van der Waals surface area (Å²) in [5.74, 6) is -0.656. The number of pyridine rings is 1. The number of nitrogens with one attached hydrogen (secondary N) is 2. The zero-order valence-corrected chi connectivity index (χ0v) is 14.7. The molecule has 0 saturated heterocycles. The van der Waals surface area contributed by atoms with Crippen LogP contribution < -0.4 is 15.4 Å². The number of alkyl halides is 3. The molecule has 2 aromatic rings. The van der Waals surface area contributed by atoms with Gasteiger partial charge >= 0.3 is 6.36 Å².